The van der Waals surface area contributed by atoms with E-state index < -0.39 is 0 Å². The van der Waals surface area contributed by atoms with Crippen LogP contribution in [0.2, 0.25) is 0 Å². The Kier molecular flexibility index (Phi) is 6.76. The minimum absolute atomic E-state index is 0.575. The molecule has 0 saturated heterocycles. The largest absolute Gasteiger partial charge is 0.492 e. The maximum absolute atomic E-state index is 5.89. The Morgan fingerprint density at radius 1 is 1.28 bits per heavy atom. The number of nitrogens with one attached hydrogen (secondary N) is 1. The number of nitrogens with zero attached hydrogens (tertiary/aromatic N) is 1. The molecule has 0 aliphatic carbocycles. The molecule has 1 aromatic rings. The molecule has 3 heteroatoms. The number of rotatable bonds is 8. The third kappa shape index (κ3) is 4.67. The summed E-state index contributed by atoms with van der Waals surface area (Å²) in [5, 5.41) is 3.16. The lowest BCUT2D eigenvalue weighted by molar-refractivity contribution is 0.183. The fourth-order valence-corrected chi connectivity index (χ4v) is 2.04. The third-order valence-electron chi connectivity index (χ3n) is 3.11. The molecule has 3 nitrogen and oxygen atoms in total. The Labute approximate surface area is 111 Å². The summed E-state index contributed by atoms with van der Waals surface area (Å²) in [5.41, 5.74) is 1.22. The topological polar surface area (TPSA) is 24.5 Å². The highest BCUT2D eigenvalue weighted by Crippen LogP contribution is 2.17. The summed E-state index contributed by atoms with van der Waals surface area (Å²) >= 11 is 0. The lowest BCUT2D eigenvalue weighted by Crippen LogP contribution is -2.34. The molecule has 1 N–H and O–H groups in total. The molecule has 0 atom stereocenters. The number of hydrogen-bond acceptors (Lipinski definition) is 3. The van der Waals surface area contributed by atoms with E-state index in [1.165, 1.54) is 5.56 Å². The Morgan fingerprint density at radius 2 is 2.00 bits per heavy atom. The second kappa shape index (κ2) is 8.11. The van der Waals surface area contributed by atoms with Crippen LogP contribution in [0.1, 0.15) is 26.3 Å². The lowest BCUT2D eigenvalue weighted by Gasteiger charge is -2.24. The van der Waals surface area contributed by atoms with Crippen molar-refractivity contribution in [1.29, 1.82) is 0 Å². The van der Waals surface area contributed by atoms with Crippen LogP contribution in [0, 0.1) is 0 Å². The van der Waals surface area contributed by atoms with Crippen molar-refractivity contribution in [2.75, 3.05) is 26.7 Å². The van der Waals surface area contributed by atoms with Gasteiger partial charge in [0.15, 0.2) is 0 Å². The first-order valence-corrected chi connectivity index (χ1v) is 6.78. The molecule has 0 bridgehead atoms. The van der Waals surface area contributed by atoms with Crippen molar-refractivity contribution in [3.63, 3.8) is 0 Å². The van der Waals surface area contributed by atoms with Crippen molar-refractivity contribution >= 4 is 0 Å². The van der Waals surface area contributed by atoms with Crippen molar-refractivity contribution in [1.82, 2.24) is 10.2 Å². The van der Waals surface area contributed by atoms with Gasteiger partial charge < -0.3 is 10.1 Å². The van der Waals surface area contributed by atoms with Crippen LogP contribution in [0.5, 0.6) is 5.75 Å². The van der Waals surface area contributed by atoms with Crippen LogP contribution in [0.25, 0.3) is 0 Å². The van der Waals surface area contributed by atoms with Crippen LogP contribution in [-0.4, -0.2) is 37.7 Å². The van der Waals surface area contributed by atoms with Crippen LogP contribution >= 0.6 is 0 Å². The highest BCUT2D eigenvalue weighted by atomic mass is 16.5. The first kappa shape index (κ1) is 15.0. The summed E-state index contributed by atoms with van der Waals surface area (Å²) in [6, 6.07) is 8.79. The smallest absolute Gasteiger partial charge is 0.123 e. The molecule has 0 aliphatic rings. The molecule has 0 radical (unpaired) electrons. The van der Waals surface area contributed by atoms with E-state index in [-0.39, 0.29) is 0 Å². The Morgan fingerprint density at radius 3 is 2.61 bits per heavy atom. The van der Waals surface area contributed by atoms with Gasteiger partial charge in [-0.1, -0.05) is 25.1 Å². The predicted octanol–water partition coefficient (Wildman–Crippen LogP) is 2.52. The quantitative estimate of drug-likeness (QED) is 0.767. The Bertz CT molecular complexity index is 339. The predicted molar refractivity (Wildman–Crippen MR) is 77.1 cm³/mol. The normalized spacial score (nSPS) is 11.2. The first-order chi connectivity index (χ1) is 8.69. The van der Waals surface area contributed by atoms with Gasteiger partial charge in [-0.15, -0.1) is 0 Å². The summed E-state index contributed by atoms with van der Waals surface area (Å²) < 4.78 is 5.89. The second-order valence-corrected chi connectivity index (χ2v) is 4.71. The minimum Gasteiger partial charge on any atom is -0.492 e. The molecule has 1 aromatic carbocycles. The van der Waals surface area contributed by atoms with Gasteiger partial charge in [-0.3, -0.25) is 4.90 Å². The van der Waals surface area contributed by atoms with Gasteiger partial charge in [-0.05, 0) is 33.5 Å². The van der Waals surface area contributed by atoms with Gasteiger partial charge in [0, 0.05) is 24.7 Å². The van der Waals surface area contributed by atoms with Gasteiger partial charge >= 0.3 is 0 Å². The van der Waals surface area contributed by atoms with Gasteiger partial charge in [0.1, 0.15) is 12.4 Å². The summed E-state index contributed by atoms with van der Waals surface area (Å²) in [4.78, 5) is 2.40. The fourth-order valence-electron chi connectivity index (χ4n) is 2.04. The van der Waals surface area contributed by atoms with E-state index in [0.717, 1.165) is 32.0 Å². The van der Waals surface area contributed by atoms with Crippen molar-refractivity contribution in [3.8, 4) is 5.75 Å². The number of para-hydroxylation sites is 1. The summed E-state index contributed by atoms with van der Waals surface area (Å²) in [6.45, 7) is 10.3. The molecule has 18 heavy (non-hydrogen) atoms. The number of ether oxygens (including phenoxy) is 1. The Hall–Kier alpha value is -1.06. The average Bonchev–Trinajstić information content (AvgIpc) is 2.36. The van der Waals surface area contributed by atoms with E-state index in [9.17, 15) is 0 Å². The molecular weight excluding hydrogens is 224 g/mol. The van der Waals surface area contributed by atoms with Crippen LogP contribution in [0.15, 0.2) is 24.3 Å². The highest BCUT2D eigenvalue weighted by Gasteiger charge is 2.07. The molecule has 0 spiro atoms. The molecule has 0 amide bonds. The van der Waals surface area contributed by atoms with Gasteiger partial charge in [-0.2, -0.15) is 0 Å². The highest BCUT2D eigenvalue weighted by molar-refractivity contribution is 5.33. The molecule has 0 heterocycles. The van der Waals surface area contributed by atoms with E-state index in [1.54, 1.807) is 0 Å². The molecule has 0 aliphatic heterocycles. The van der Waals surface area contributed by atoms with Crippen LogP contribution in [-0.2, 0) is 6.54 Å². The maximum atomic E-state index is 5.89. The zero-order valence-corrected chi connectivity index (χ0v) is 12.1. The molecule has 0 aromatic heterocycles. The van der Waals surface area contributed by atoms with Gasteiger partial charge in [-0.25, -0.2) is 0 Å². The maximum Gasteiger partial charge on any atom is 0.123 e. The van der Waals surface area contributed by atoms with E-state index in [0.29, 0.717) is 6.04 Å². The molecule has 0 unspecified atom stereocenters. The summed E-state index contributed by atoms with van der Waals surface area (Å²) in [6.07, 6.45) is 0. The molecule has 102 valence electrons. The number of benzene rings is 1. The van der Waals surface area contributed by atoms with Crippen LogP contribution < -0.4 is 10.1 Å². The summed E-state index contributed by atoms with van der Waals surface area (Å²) in [5.74, 6) is 0.992. The minimum atomic E-state index is 0.575. The first-order valence-electron chi connectivity index (χ1n) is 6.78. The fraction of sp³-hybridized carbons (Fsp3) is 0.600. The van der Waals surface area contributed by atoms with E-state index >= 15 is 0 Å². The lowest BCUT2D eigenvalue weighted by atomic mass is 10.2. The zero-order valence-electron chi connectivity index (χ0n) is 12.1. The zero-order chi connectivity index (χ0) is 13.4. The van der Waals surface area contributed by atoms with Crippen molar-refractivity contribution < 1.29 is 4.74 Å². The molecule has 1 rings (SSSR count). The molecule has 0 saturated carbocycles. The van der Waals surface area contributed by atoms with Crippen LogP contribution in [0.3, 0.4) is 0 Å². The standard InChI is InChI=1S/C15H26N2O/c1-5-17(13(2)3)10-11-18-15-9-7-6-8-14(15)12-16-4/h6-9,13,16H,5,10-12H2,1-4H3. The van der Waals surface area contributed by atoms with Crippen LogP contribution in [0.4, 0.5) is 0 Å². The second-order valence-electron chi connectivity index (χ2n) is 4.71. The Balaban J connectivity index is 2.48. The summed E-state index contributed by atoms with van der Waals surface area (Å²) in [7, 11) is 1.95. The molecular formula is C15H26N2O. The number of hydrogen-bond donors (Lipinski definition) is 1. The third-order valence-corrected chi connectivity index (χ3v) is 3.11. The van der Waals surface area contributed by atoms with Crippen molar-refractivity contribution in [2.24, 2.45) is 0 Å². The monoisotopic (exact) mass is 250 g/mol. The van der Waals surface area contributed by atoms with E-state index in [2.05, 4.69) is 37.1 Å². The SMILES string of the molecule is CCN(CCOc1ccccc1CNC)C(C)C. The number of likely N-dealkylation sites (N-methyl/N-ethyl adjacent to an activating group) is 1. The van der Waals surface area contributed by atoms with Crippen molar-refractivity contribution in [3.05, 3.63) is 29.8 Å². The van der Waals surface area contributed by atoms with E-state index in [4.69, 9.17) is 4.74 Å². The average molecular weight is 250 g/mol. The van der Waals surface area contributed by atoms with Crippen molar-refractivity contribution in [2.45, 2.75) is 33.4 Å². The van der Waals surface area contributed by atoms with Gasteiger partial charge in [0.25, 0.3) is 0 Å². The van der Waals surface area contributed by atoms with Gasteiger partial charge in [0.2, 0.25) is 0 Å². The van der Waals surface area contributed by atoms with Gasteiger partial charge in [0.05, 0.1) is 0 Å². The van der Waals surface area contributed by atoms with E-state index in [1.807, 2.05) is 25.2 Å². The molecule has 0 fully saturated rings.